The first kappa shape index (κ1) is 18.6. The molecule has 0 bridgehead atoms. The molecule has 1 atom stereocenters. The van der Waals surface area contributed by atoms with Gasteiger partial charge in [-0.15, -0.1) is 11.3 Å². The first-order valence-electron chi connectivity index (χ1n) is 9.31. The van der Waals surface area contributed by atoms with E-state index in [1.807, 2.05) is 53.7 Å². The molecule has 3 aromatic rings. The molecule has 0 unspecified atom stereocenters. The normalized spacial score (nSPS) is 16.6. The Bertz CT molecular complexity index is 958. The van der Waals surface area contributed by atoms with Gasteiger partial charge in [-0.1, -0.05) is 30.3 Å². The van der Waals surface area contributed by atoms with Gasteiger partial charge in [-0.25, -0.2) is 9.97 Å². The molecule has 2 N–H and O–H groups in total. The Kier molecular flexibility index (Phi) is 5.36. The first-order valence-corrected chi connectivity index (χ1v) is 10.2. The fraction of sp³-hybridized carbons (Fsp3) is 0.286. The first-order chi connectivity index (χ1) is 13.6. The summed E-state index contributed by atoms with van der Waals surface area (Å²) in [6.07, 6.45) is 2.62. The number of likely N-dealkylation sites (tertiary alicyclic amines) is 1. The van der Waals surface area contributed by atoms with Crippen LogP contribution in [0.2, 0.25) is 0 Å². The molecule has 1 saturated heterocycles. The summed E-state index contributed by atoms with van der Waals surface area (Å²) in [7, 11) is 2.05. The van der Waals surface area contributed by atoms with E-state index in [4.69, 9.17) is 5.73 Å². The SMILES string of the molecule is CN(Cc1nccc(N)n1)[C@H]1CCN(C(=O)c2sccc2-c2ccccc2)C1. The standard InChI is InChI=1S/C21H23N5OS/c1-25(14-19-23-10-7-18(22)24-19)16-8-11-26(13-16)21(27)20-17(9-12-28-20)15-5-3-2-4-6-15/h2-7,9-10,12,16H,8,11,13-14H2,1H3,(H2,22,23,24)/t16-/m0/s1. The minimum Gasteiger partial charge on any atom is -0.384 e. The molecule has 7 heteroatoms. The Morgan fingerprint density at radius 2 is 2.11 bits per heavy atom. The zero-order valence-electron chi connectivity index (χ0n) is 15.8. The number of nitrogen functional groups attached to an aromatic ring is 1. The molecule has 1 amide bonds. The van der Waals surface area contributed by atoms with Crippen LogP contribution >= 0.6 is 11.3 Å². The van der Waals surface area contributed by atoms with E-state index in [0.717, 1.165) is 29.0 Å². The number of carbonyl (C=O) groups excluding carboxylic acids is 1. The van der Waals surface area contributed by atoms with Crippen LogP contribution in [0.3, 0.4) is 0 Å². The number of rotatable bonds is 5. The quantitative estimate of drug-likeness (QED) is 0.721. The molecule has 1 aliphatic rings. The molecule has 0 aliphatic carbocycles. The van der Waals surface area contributed by atoms with Crippen molar-refractivity contribution in [3.63, 3.8) is 0 Å². The van der Waals surface area contributed by atoms with Crippen LogP contribution in [0.25, 0.3) is 11.1 Å². The number of anilines is 1. The van der Waals surface area contributed by atoms with Gasteiger partial charge in [0.2, 0.25) is 0 Å². The Morgan fingerprint density at radius 1 is 1.29 bits per heavy atom. The van der Waals surface area contributed by atoms with Crippen LogP contribution in [0.15, 0.2) is 54.0 Å². The molecular formula is C21H23N5OS. The summed E-state index contributed by atoms with van der Waals surface area (Å²) < 4.78 is 0. The average molecular weight is 394 g/mol. The molecule has 6 nitrogen and oxygen atoms in total. The second kappa shape index (κ2) is 8.08. The van der Waals surface area contributed by atoms with Crippen molar-refractivity contribution in [2.45, 2.75) is 19.0 Å². The minimum absolute atomic E-state index is 0.116. The molecular weight excluding hydrogens is 370 g/mol. The predicted octanol–water partition coefficient (Wildman–Crippen LogP) is 3.13. The second-order valence-electron chi connectivity index (χ2n) is 7.04. The maximum atomic E-state index is 13.1. The summed E-state index contributed by atoms with van der Waals surface area (Å²) in [6, 6.07) is 14.1. The topological polar surface area (TPSA) is 75.4 Å². The third-order valence-electron chi connectivity index (χ3n) is 5.14. The summed E-state index contributed by atoms with van der Waals surface area (Å²) in [5, 5.41) is 1.99. The van der Waals surface area contributed by atoms with Crippen molar-refractivity contribution in [1.29, 1.82) is 0 Å². The maximum Gasteiger partial charge on any atom is 0.264 e. The summed E-state index contributed by atoms with van der Waals surface area (Å²) in [4.78, 5) is 26.7. The van der Waals surface area contributed by atoms with Crippen molar-refractivity contribution < 1.29 is 4.79 Å². The molecule has 1 aromatic carbocycles. The molecule has 0 radical (unpaired) electrons. The minimum atomic E-state index is 0.116. The fourth-order valence-corrected chi connectivity index (χ4v) is 4.48. The predicted molar refractivity (Wildman–Crippen MR) is 112 cm³/mol. The van der Waals surface area contributed by atoms with Crippen LogP contribution in [-0.2, 0) is 6.54 Å². The van der Waals surface area contributed by atoms with Crippen LogP contribution in [-0.4, -0.2) is 51.9 Å². The monoisotopic (exact) mass is 393 g/mol. The van der Waals surface area contributed by atoms with Crippen molar-refractivity contribution in [1.82, 2.24) is 19.8 Å². The number of thiophene rings is 1. The van der Waals surface area contributed by atoms with Crippen molar-refractivity contribution in [2.24, 2.45) is 0 Å². The Morgan fingerprint density at radius 3 is 2.89 bits per heavy atom. The zero-order chi connectivity index (χ0) is 19.5. The lowest BCUT2D eigenvalue weighted by Crippen LogP contribution is -2.36. The third-order valence-corrected chi connectivity index (χ3v) is 6.04. The van der Waals surface area contributed by atoms with Crippen LogP contribution < -0.4 is 5.73 Å². The van der Waals surface area contributed by atoms with Crippen LogP contribution in [0, 0.1) is 0 Å². The van der Waals surface area contributed by atoms with Gasteiger partial charge in [0.25, 0.3) is 5.91 Å². The van der Waals surface area contributed by atoms with Crippen LogP contribution in [0.1, 0.15) is 21.9 Å². The van der Waals surface area contributed by atoms with Crippen molar-refractivity contribution in [2.75, 3.05) is 25.9 Å². The summed E-state index contributed by atoms with van der Waals surface area (Å²) in [6.45, 7) is 2.09. The lowest BCUT2D eigenvalue weighted by molar-refractivity contribution is 0.0785. The van der Waals surface area contributed by atoms with Gasteiger partial charge in [0, 0.05) is 30.9 Å². The largest absolute Gasteiger partial charge is 0.384 e. The number of amides is 1. The Balaban J connectivity index is 1.43. The van der Waals surface area contributed by atoms with E-state index in [9.17, 15) is 4.79 Å². The second-order valence-corrected chi connectivity index (χ2v) is 7.95. The smallest absolute Gasteiger partial charge is 0.264 e. The maximum absolute atomic E-state index is 13.1. The zero-order valence-corrected chi connectivity index (χ0v) is 16.6. The molecule has 0 spiro atoms. The highest BCUT2D eigenvalue weighted by Crippen LogP contribution is 2.30. The highest BCUT2D eigenvalue weighted by molar-refractivity contribution is 7.12. The molecule has 2 aromatic heterocycles. The number of aromatic nitrogens is 2. The molecule has 4 rings (SSSR count). The number of hydrogen-bond acceptors (Lipinski definition) is 6. The van der Waals surface area contributed by atoms with E-state index in [2.05, 4.69) is 14.9 Å². The van der Waals surface area contributed by atoms with Crippen molar-refractivity contribution in [3.8, 4) is 11.1 Å². The average Bonchev–Trinajstić information content (AvgIpc) is 3.38. The molecule has 1 fully saturated rings. The highest BCUT2D eigenvalue weighted by Gasteiger charge is 2.31. The highest BCUT2D eigenvalue weighted by atomic mass is 32.1. The van der Waals surface area contributed by atoms with E-state index >= 15 is 0 Å². The van der Waals surface area contributed by atoms with E-state index in [1.54, 1.807) is 12.3 Å². The van der Waals surface area contributed by atoms with E-state index in [-0.39, 0.29) is 11.9 Å². The summed E-state index contributed by atoms with van der Waals surface area (Å²) >= 11 is 1.51. The van der Waals surface area contributed by atoms with E-state index in [1.165, 1.54) is 11.3 Å². The molecule has 1 aliphatic heterocycles. The van der Waals surface area contributed by atoms with Gasteiger partial charge in [0.05, 0.1) is 11.4 Å². The lowest BCUT2D eigenvalue weighted by atomic mass is 10.1. The number of nitrogens with two attached hydrogens (primary N) is 1. The molecule has 0 saturated carbocycles. The molecule has 3 heterocycles. The number of carbonyl (C=O) groups is 1. The van der Waals surface area contributed by atoms with Gasteiger partial charge >= 0.3 is 0 Å². The molecule has 144 valence electrons. The number of nitrogens with zero attached hydrogens (tertiary/aromatic N) is 4. The number of hydrogen-bond donors (Lipinski definition) is 1. The Labute approximate surface area is 168 Å². The Hall–Kier alpha value is -2.77. The van der Waals surface area contributed by atoms with Crippen molar-refractivity contribution in [3.05, 3.63) is 64.7 Å². The van der Waals surface area contributed by atoms with Gasteiger partial charge in [0.1, 0.15) is 11.6 Å². The van der Waals surface area contributed by atoms with Crippen molar-refractivity contribution >= 4 is 23.1 Å². The van der Waals surface area contributed by atoms with E-state index < -0.39 is 0 Å². The van der Waals surface area contributed by atoms with Gasteiger partial charge in [-0.05, 0) is 36.5 Å². The lowest BCUT2D eigenvalue weighted by Gasteiger charge is -2.24. The van der Waals surface area contributed by atoms with Gasteiger partial charge < -0.3 is 10.6 Å². The van der Waals surface area contributed by atoms with Gasteiger partial charge in [-0.3, -0.25) is 9.69 Å². The van der Waals surface area contributed by atoms with Crippen LogP contribution in [0.4, 0.5) is 5.82 Å². The van der Waals surface area contributed by atoms with Crippen LogP contribution in [0.5, 0.6) is 0 Å². The third kappa shape index (κ3) is 3.90. The van der Waals surface area contributed by atoms with Gasteiger partial charge in [0.15, 0.2) is 0 Å². The van der Waals surface area contributed by atoms with Gasteiger partial charge in [-0.2, -0.15) is 0 Å². The fourth-order valence-electron chi connectivity index (χ4n) is 3.59. The summed E-state index contributed by atoms with van der Waals surface area (Å²) in [5.41, 5.74) is 7.84. The summed E-state index contributed by atoms with van der Waals surface area (Å²) in [5.74, 6) is 1.30. The van der Waals surface area contributed by atoms with E-state index in [0.29, 0.717) is 24.7 Å². The number of benzene rings is 1. The molecule has 28 heavy (non-hydrogen) atoms. The number of likely N-dealkylation sites (N-methyl/N-ethyl adjacent to an activating group) is 1.